The highest BCUT2D eigenvalue weighted by Crippen LogP contribution is 2.26. The Labute approximate surface area is 118 Å². The molecule has 1 nitrogen and oxygen atoms in total. The number of hydrogen-bond donors (Lipinski definition) is 1. The van der Waals surface area contributed by atoms with Crippen molar-refractivity contribution in [1.29, 1.82) is 0 Å². The molecule has 3 heteroatoms. The lowest BCUT2D eigenvalue weighted by Crippen LogP contribution is -2.03. The fraction of sp³-hybridized carbons (Fsp3) is 0.200. The van der Waals surface area contributed by atoms with Gasteiger partial charge in [0, 0.05) is 27.8 Å². The molecule has 0 aliphatic heterocycles. The molecule has 0 unspecified atom stereocenters. The summed E-state index contributed by atoms with van der Waals surface area (Å²) < 4.78 is 0. The molecule has 2 aromatic carbocycles. The Hall–Kier alpha value is -1.18. The summed E-state index contributed by atoms with van der Waals surface area (Å²) in [6.45, 7) is 4.83. The van der Waals surface area contributed by atoms with Crippen LogP contribution in [0.5, 0.6) is 0 Å². The maximum atomic E-state index is 6.14. The number of aryl methyl sites for hydroxylation is 1. The Morgan fingerprint density at radius 2 is 1.56 bits per heavy atom. The van der Waals surface area contributed by atoms with Gasteiger partial charge in [0.25, 0.3) is 0 Å². The SMILES string of the molecule is Cc1cccc(NCc2c(Cl)cccc2Cl)c1C. The van der Waals surface area contributed by atoms with Crippen molar-refractivity contribution in [2.24, 2.45) is 0 Å². The van der Waals surface area contributed by atoms with Gasteiger partial charge in [0.15, 0.2) is 0 Å². The van der Waals surface area contributed by atoms with E-state index < -0.39 is 0 Å². The van der Waals surface area contributed by atoms with Crippen molar-refractivity contribution in [3.63, 3.8) is 0 Å². The lowest BCUT2D eigenvalue weighted by Gasteiger charge is -2.13. The van der Waals surface area contributed by atoms with E-state index in [1.807, 2.05) is 24.3 Å². The molecule has 18 heavy (non-hydrogen) atoms. The molecule has 0 saturated carbocycles. The number of nitrogens with one attached hydrogen (secondary N) is 1. The zero-order chi connectivity index (χ0) is 13.1. The molecule has 0 bridgehead atoms. The molecule has 1 N–H and O–H groups in total. The Morgan fingerprint density at radius 1 is 0.944 bits per heavy atom. The first-order valence-corrected chi connectivity index (χ1v) is 6.58. The molecule has 0 aliphatic carbocycles. The van der Waals surface area contributed by atoms with E-state index in [-0.39, 0.29) is 0 Å². The Kier molecular flexibility index (Phi) is 4.15. The molecule has 0 amide bonds. The van der Waals surface area contributed by atoms with Crippen molar-refractivity contribution in [3.8, 4) is 0 Å². The van der Waals surface area contributed by atoms with Crippen molar-refractivity contribution >= 4 is 28.9 Å². The first-order valence-electron chi connectivity index (χ1n) is 5.82. The highest BCUT2D eigenvalue weighted by molar-refractivity contribution is 6.36. The second-order valence-corrected chi connectivity index (χ2v) is 5.12. The second-order valence-electron chi connectivity index (χ2n) is 4.30. The quantitative estimate of drug-likeness (QED) is 0.812. The van der Waals surface area contributed by atoms with Crippen molar-refractivity contribution in [1.82, 2.24) is 0 Å². The van der Waals surface area contributed by atoms with E-state index >= 15 is 0 Å². The molecule has 0 atom stereocenters. The smallest absolute Gasteiger partial charge is 0.0470 e. The van der Waals surface area contributed by atoms with Gasteiger partial charge >= 0.3 is 0 Å². The van der Waals surface area contributed by atoms with Crippen LogP contribution in [0, 0.1) is 13.8 Å². The summed E-state index contributed by atoms with van der Waals surface area (Å²) >= 11 is 12.3. The lowest BCUT2D eigenvalue weighted by atomic mass is 10.1. The number of hydrogen-bond acceptors (Lipinski definition) is 1. The topological polar surface area (TPSA) is 12.0 Å². The summed E-state index contributed by atoms with van der Waals surface area (Å²) in [6, 6.07) is 11.8. The third-order valence-corrected chi connectivity index (χ3v) is 3.83. The monoisotopic (exact) mass is 279 g/mol. The Morgan fingerprint density at radius 3 is 2.22 bits per heavy atom. The van der Waals surface area contributed by atoms with Gasteiger partial charge in [0.1, 0.15) is 0 Å². The van der Waals surface area contributed by atoms with Crippen molar-refractivity contribution in [2.45, 2.75) is 20.4 Å². The van der Waals surface area contributed by atoms with Gasteiger partial charge in [-0.3, -0.25) is 0 Å². The molecule has 0 saturated heterocycles. The molecule has 2 rings (SSSR count). The average molecular weight is 280 g/mol. The Bertz CT molecular complexity index is 544. The molecule has 0 aromatic heterocycles. The molecule has 0 spiro atoms. The van der Waals surface area contributed by atoms with Gasteiger partial charge in [-0.2, -0.15) is 0 Å². The number of rotatable bonds is 3. The van der Waals surface area contributed by atoms with Crippen LogP contribution < -0.4 is 5.32 Å². The summed E-state index contributed by atoms with van der Waals surface area (Å²) in [6.07, 6.45) is 0. The lowest BCUT2D eigenvalue weighted by molar-refractivity contribution is 1.13. The van der Waals surface area contributed by atoms with Gasteiger partial charge in [-0.05, 0) is 43.2 Å². The third-order valence-electron chi connectivity index (χ3n) is 3.12. The van der Waals surface area contributed by atoms with Crippen molar-refractivity contribution in [3.05, 3.63) is 63.1 Å². The van der Waals surface area contributed by atoms with Crippen LogP contribution in [0.3, 0.4) is 0 Å². The van der Waals surface area contributed by atoms with Gasteiger partial charge in [-0.1, -0.05) is 41.4 Å². The van der Waals surface area contributed by atoms with Crippen LogP contribution in [0.15, 0.2) is 36.4 Å². The van der Waals surface area contributed by atoms with E-state index in [1.165, 1.54) is 11.1 Å². The van der Waals surface area contributed by atoms with Crippen LogP contribution in [-0.4, -0.2) is 0 Å². The molecule has 94 valence electrons. The van der Waals surface area contributed by atoms with Gasteiger partial charge < -0.3 is 5.32 Å². The maximum absolute atomic E-state index is 6.14. The summed E-state index contributed by atoms with van der Waals surface area (Å²) in [4.78, 5) is 0. The minimum absolute atomic E-state index is 0.628. The normalized spacial score (nSPS) is 10.4. The van der Waals surface area contributed by atoms with Gasteiger partial charge in [-0.25, -0.2) is 0 Å². The summed E-state index contributed by atoms with van der Waals surface area (Å²) in [7, 11) is 0. The molecule has 0 heterocycles. The minimum atomic E-state index is 0.628. The van der Waals surface area contributed by atoms with E-state index in [0.717, 1.165) is 11.3 Å². The number of benzene rings is 2. The van der Waals surface area contributed by atoms with Crippen LogP contribution in [0.4, 0.5) is 5.69 Å². The first-order chi connectivity index (χ1) is 8.59. The fourth-order valence-corrected chi connectivity index (χ4v) is 2.36. The summed E-state index contributed by atoms with van der Waals surface area (Å²) in [5.74, 6) is 0. The fourth-order valence-electron chi connectivity index (χ4n) is 1.83. The molecule has 2 aromatic rings. The molecule has 0 aliphatic rings. The number of halogens is 2. The minimum Gasteiger partial charge on any atom is -0.381 e. The zero-order valence-electron chi connectivity index (χ0n) is 10.4. The molecule has 0 radical (unpaired) electrons. The van der Waals surface area contributed by atoms with E-state index in [4.69, 9.17) is 23.2 Å². The van der Waals surface area contributed by atoms with Crippen molar-refractivity contribution < 1.29 is 0 Å². The molecule has 0 fully saturated rings. The van der Waals surface area contributed by atoms with E-state index in [0.29, 0.717) is 16.6 Å². The molecular formula is C15H15Cl2N. The highest BCUT2D eigenvalue weighted by atomic mass is 35.5. The van der Waals surface area contributed by atoms with Crippen molar-refractivity contribution in [2.75, 3.05) is 5.32 Å². The summed E-state index contributed by atoms with van der Waals surface area (Å²) in [5.41, 5.74) is 4.57. The summed E-state index contributed by atoms with van der Waals surface area (Å²) in [5, 5.41) is 4.77. The van der Waals surface area contributed by atoms with E-state index in [1.54, 1.807) is 0 Å². The standard InChI is InChI=1S/C15H15Cl2N/c1-10-5-3-8-15(11(10)2)18-9-12-13(16)6-4-7-14(12)17/h3-8,18H,9H2,1-2H3. The van der Waals surface area contributed by atoms with Gasteiger partial charge in [-0.15, -0.1) is 0 Å². The van der Waals surface area contributed by atoms with E-state index in [2.05, 4.69) is 31.3 Å². The maximum Gasteiger partial charge on any atom is 0.0470 e. The Balaban J connectivity index is 2.19. The highest BCUT2D eigenvalue weighted by Gasteiger charge is 2.06. The van der Waals surface area contributed by atoms with Crippen LogP contribution in [-0.2, 0) is 6.54 Å². The van der Waals surface area contributed by atoms with Gasteiger partial charge in [0.2, 0.25) is 0 Å². The van der Waals surface area contributed by atoms with Crippen LogP contribution in [0.1, 0.15) is 16.7 Å². The van der Waals surface area contributed by atoms with Crippen LogP contribution >= 0.6 is 23.2 Å². The zero-order valence-corrected chi connectivity index (χ0v) is 11.9. The first kappa shape index (κ1) is 13.3. The average Bonchev–Trinajstić information content (AvgIpc) is 2.33. The molecular weight excluding hydrogens is 265 g/mol. The predicted octanol–water partition coefficient (Wildman–Crippen LogP) is 5.22. The van der Waals surface area contributed by atoms with Gasteiger partial charge in [0.05, 0.1) is 0 Å². The second kappa shape index (κ2) is 5.64. The van der Waals surface area contributed by atoms with E-state index in [9.17, 15) is 0 Å². The van der Waals surface area contributed by atoms with Crippen LogP contribution in [0.25, 0.3) is 0 Å². The largest absolute Gasteiger partial charge is 0.381 e. The van der Waals surface area contributed by atoms with Crippen LogP contribution in [0.2, 0.25) is 10.0 Å². The number of anilines is 1. The predicted molar refractivity (Wildman–Crippen MR) is 79.7 cm³/mol. The third kappa shape index (κ3) is 2.80.